The van der Waals surface area contributed by atoms with Gasteiger partial charge in [-0.15, -0.1) is 0 Å². The summed E-state index contributed by atoms with van der Waals surface area (Å²) in [6, 6.07) is 2.49. The third kappa shape index (κ3) is 3.33. The highest BCUT2D eigenvalue weighted by Gasteiger charge is 2.34. The Hall–Kier alpha value is -0.870. The van der Waals surface area contributed by atoms with E-state index in [9.17, 15) is 4.79 Å². The molecule has 3 nitrogen and oxygen atoms in total. The van der Waals surface area contributed by atoms with Crippen molar-refractivity contribution in [3.63, 3.8) is 0 Å². The highest BCUT2D eigenvalue weighted by atomic mass is 32.1. The number of hydrogen-bond acceptors (Lipinski definition) is 3. The standard InChI is InChI=1S/C14H22N2OS/c1-10(2)13-7-16(6-12-4-5-18-9-12)8-14(13)15-11(3)17/h4-5,9-10,13-14H,6-8H2,1-3H3,(H,15,17). The summed E-state index contributed by atoms with van der Waals surface area (Å²) < 4.78 is 0. The van der Waals surface area contributed by atoms with Crippen LogP contribution in [0.15, 0.2) is 16.8 Å². The largest absolute Gasteiger partial charge is 0.352 e. The molecule has 1 saturated heterocycles. The van der Waals surface area contributed by atoms with Crippen LogP contribution in [-0.4, -0.2) is 29.9 Å². The predicted octanol–water partition coefficient (Wildman–Crippen LogP) is 2.34. The molecule has 0 spiro atoms. The molecule has 2 rings (SSSR count). The van der Waals surface area contributed by atoms with Gasteiger partial charge in [-0.05, 0) is 34.2 Å². The Bertz CT molecular complexity index is 389. The second kappa shape index (κ2) is 5.85. The third-order valence-corrected chi connectivity index (χ3v) is 4.40. The SMILES string of the molecule is CC(=O)NC1CN(Cc2ccsc2)CC1C(C)C. The van der Waals surface area contributed by atoms with E-state index in [0.717, 1.165) is 19.6 Å². The van der Waals surface area contributed by atoms with Gasteiger partial charge in [-0.1, -0.05) is 13.8 Å². The second-order valence-electron chi connectivity index (χ2n) is 5.54. The van der Waals surface area contributed by atoms with Crippen LogP contribution in [0, 0.1) is 11.8 Å². The fourth-order valence-corrected chi connectivity index (χ4v) is 3.43. The van der Waals surface area contributed by atoms with E-state index in [1.54, 1.807) is 18.3 Å². The van der Waals surface area contributed by atoms with Gasteiger partial charge in [0.05, 0.1) is 0 Å². The summed E-state index contributed by atoms with van der Waals surface area (Å²) >= 11 is 1.75. The first-order valence-electron chi connectivity index (χ1n) is 6.56. The fraction of sp³-hybridized carbons (Fsp3) is 0.643. The van der Waals surface area contributed by atoms with Gasteiger partial charge in [0.1, 0.15) is 0 Å². The van der Waals surface area contributed by atoms with Crippen molar-refractivity contribution in [3.8, 4) is 0 Å². The molecule has 2 heterocycles. The number of likely N-dealkylation sites (tertiary alicyclic amines) is 1. The Morgan fingerprint density at radius 2 is 2.33 bits per heavy atom. The van der Waals surface area contributed by atoms with Crippen LogP contribution >= 0.6 is 11.3 Å². The van der Waals surface area contributed by atoms with Crippen molar-refractivity contribution < 1.29 is 4.79 Å². The van der Waals surface area contributed by atoms with Crippen LogP contribution < -0.4 is 5.32 Å². The molecule has 2 atom stereocenters. The van der Waals surface area contributed by atoms with Crippen molar-refractivity contribution in [2.45, 2.75) is 33.4 Å². The summed E-state index contributed by atoms with van der Waals surface area (Å²) in [4.78, 5) is 13.7. The number of nitrogens with one attached hydrogen (secondary N) is 1. The Morgan fingerprint density at radius 1 is 1.56 bits per heavy atom. The van der Waals surface area contributed by atoms with Crippen LogP contribution in [-0.2, 0) is 11.3 Å². The zero-order valence-corrected chi connectivity index (χ0v) is 12.2. The fourth-order valence-electron chi connectivity index (χ4n) is 2.77. The van der Waals surface area contributed by atoms with E-state index in [-0.39, 0.29) is 5.91 Å². The van der Waals surface area contributed by atoms with Crippen LogP contribution in [0.25, 0.3) is 0 Å². The lowest BCUT2D eigenvalue weighted by Gasteiger charge is -2.22. The monoisotopic (exact) mass is 266 g/mol. The molecular weight excluding hydrogens is 244 g/mol. The minimum atomic E-state index is 0.0861. The maximum Gasteiger partial charge on any atom is 0.217 e. The third-order valence-electron chi connectivity index (χ3n) is 3.67. The lowest BCUT2D eigenvalue weighted by atomic mass is 9.91. The summed E-state index contributed by atoms with van der Waals surface area (Å²) in [5.41, 5.74) is 1.38. The molecule has 0 radical (unpaired) electrons. The van der Waals surface area contributed by atoms with Crippen molar-refractivity contribution in [1.82, 2.24) is 10.2 Å². The topological polar surface area (TPSA) is 32.3 Å². The van der Waals surface area contributed by atoms with E-state index in [1.165, 1.54) is 5.56 Å². The number of carbonyl (C=O) groups excluding carboxylic acids is 1. The highest BCUT2D eigenvalue weighted by molar-refractivity contribution is 7.07. The minimum absolute atomic E-state index is 0.0861. The molecule has 1 aliphatic rings. The molecular formula is C14H22N2OS. The van der Waals surface area contributed by atoms with E-state index < -0.39 is 0 Å². The average molecular weight is 266 g/mol. The Labute approximate surface area is 113 Å². The predicted molar refractivity (Wildman–Crippen MR) is 75.5 cm³/mol. The van der Waals surface area contributed by atoms with Crippen LogP contribution in [0.3, 0.4) is 0 Å². The van der Waals surface area contributed by atoms with Crippen molar-refractivity contribution >= 4 is 17.2 Å². The van der Waals surface area contributed by atoms with Gasteiger partial charge < -0.3 is 5.32 Å². The van der Waals surface area contributed by atoms with Crippen LogP contribution in [0.2, 0.25) is 0 Å². The lowest BCUT2D eigenvalue weighted by molar-refractivity contribution is -0.119. The summed E-state index contributed by atoms with van der Waals surface area (Å²) in [5.74, 6) is 1.25. The quantitative estimate of drug-likeness (QED) is 0.907. The van der Waals surface area contributed by atoms with Gasteiger partial charge in [0.2, 0.25) is 5.91 Å². The lowest BCUT2D eigenvalue weighted by Crippen LogP contribution is -2.40. The normalized spacial score (nSPS) is 24.7. The number of nitrogens with zero attached hydrogens (tertiary/aromatic N) is 1. The van der Waals surface area contributed by atoms with Gasteiger partial charge in [-0.25, -0.2) is 0 Å². The van der Waals surface area contributed by atoms with Gasteiger partial charge in [0, 0.05) is 32.6 Å². The van der Waals surface area contributed by atoms with Gasteiger partial charge in [-0.2, -0.15) is 11.3 Å². The molecule has 1 aromatic heterocycles. The molecule has 0 bridgehead atoms. The molecule has 1 fully saturated rings. The first-order valence-corrected chi connectivity index (χ1v) is 7.51. The first-order chi connectivity index (χ1) is 8.56. The number of hydrogen-bond donors (Lipinski definition) is 1. The summed E-state index contributed by atoms with van der Waals surface area (Å²) in [5, 5.41) is 7.43. The van der Waals surface area contributed by atoms with Crippen molar-refractivity contribution in [1.29, 1.82) is 0 Å². The van der Waals surface area contributed by atoms with Crippen molar-refractivity contribution in [3.05, 3.63) is 22.4 Å². The van der Waals surface area contributed by atoms with E-state index in [2.05, 4.69) is 40.9 Å². The van der Waals surface area contributed by atoms with Crippen LogP contribution in [0.5, 0.6) is 0 Å². The molecule has 1 aliphatic heterocycles. The zero-order valence-electron chi connectivity index (χ0n) is 11.3. The maximum absolute atomic E-state index is 11.3. The Balaban J connectivity index is 1.97. The molecule has 1 aromatic rings. The van der Waals surface area contributed by atoms with Crippen LogP contribution in [0.1, 0.15) is 26.3 Å². The molecule has 2 unspecified atom stereocenters. The zero-order chi connectivity index (χ0) is 13.1. The molecule has 0 saturated carbocycles. The number of amides is 1. The van der Waals surface area contributed by atoms with Gasteiger partial charge >= 0.3 is 0 Å². The van der Waals surface area contributed by atoms with Crippen molar-refractivity contribution in [2.75, 3.05) is 13.1 Å². The summed E-state index contributed by atoms with van der Waals surface area (Å²) in [6.07, 6.45) is 0. The van der Waals surface area contributed by atoms with E-state index in [0.29, 0.717) is 17.9 Å². The molecule has 0 aromatic carbocycles. The van der Waals surface area contributed by atoms with Gasteiger partial charge in [0.25, 0.3) is 0 Å². The first kappa shape index (κ1) is 13.6. The minimum Gasteiger partial charge on any atom is -0.352 e. The number of thiophene rings is 1. The molecule has 4 heteroatoms. The number of rotatable bonds is 4. The molecule has 18 heavy (non-hydrogen) atoms. The van der Waals surface area contributed by atoms with E-state index in [1.807, 2.05) is 0 Å². The number of carbonyl (C=O) groups is 1. The summed E-state index contributed by atoms with van der Waals surface area (Å²) in [6.45, 7) is 9.15. The summed E-state index contributed by atoms with van der Waals surface area (Å²) in [7, 11) is 0. The maximum atomic E-state index is 11.3. The van der Waals surface area contributed by atoms with Crippen LogP contribution in [0.4, 0.5) is 0 Å². The second-order valence-corrected chi connectivity index (χ2v) is 6.32. The van der Waals surface area contributed by atoms with Gasteiger partial charge in [-0.3, -0.25) is 9.69 Å². The average Bonchev–Trinajstić information content (AvgIpc) is 2.87. The molecule has 1 N–H and O–H groups in total. The van der Waals surface area contributed by atoms with Crippen molar-refractivity contribution in [2.24, 2.45) is 11.8 Å². The Morgan fingerprint density at radius 3 is 2.89 bits per heavy atom. The van der Waals surface area contributed by atoms with Gasteiger partial charge in [0.15, 0.2) is 0 Å². The van der Waals surface area contributed by atoms with E-state index >= 15 is 0 Å². The molecule has 100 valence electrons. The Kier molecular flexibility index (Phi) is 4.40. The molecule has 0 aliphatic carbocycles. The highest BCUT2D eigenvalue weighted by Crippen LogP contribution is 2.26. The smallest absolute Gasteiger partial charge is 0.217 e. The van der Waals surface area contributed by atoms with E-state index in [4.69, 9.17) is 0 Å². The molecule has 1 amide bonds.